The van der Waals surface area contributed by atoms with Gasteiger partial charge in [-0.25, -0.2) is 0 Å². The molecule has 0 saturated heterocycles. The molecule has 0 amide bonds. The Morgan fingerprint density at radius 2 is 1.07 bits per heavy atom. The van der Waals surface area contributed by atoms with E-state index in [4.69, 9.17) is 0 Å². The highest BCUT2D eigenvalue weighted by Crippen LogP contribution is 2.35. The second kappa shape index (κ2) is 7.71. The third kappa shape index (κ3) is 3.65. The van der Waals surface area contributed by atoms with Crippen LogP contribution in [0.25, 0.3) is 11.1 Å². The maximum atomic E-state index is 11.0. The van der Waals surface area contributed by atoms with Gasteiger partial charge in [-0.2, -0.15) is 0 Å². The summed E-state index contributed by atoms with van der Waals surface area (Å²) in [6, 6.07) is 36.7. The van der Waals surface area contributed by atoms with Gasteiger partial charge in [0.1, 0.15) is 6.29 Å². The van der Waals surface area contributed by atoms with Crippen LogP contribution in [0.15, 0.2) is 109 Å². The number of benzene rings is 4. The van der Waals surface area contributed by atoms with Gasteiger partial charge in [0.25, 0.3) is 0 Å². The molecule has 0 spiro atoms. The van der Waals surface area contributed by atoms with Gasteiger partial charge in [-0.15, -0.1) is 0 Å². The highest BCUT2D eigenvalue weighted by molar-refractivity contribution is 5.81. The number of para-hydroxylation sites is 2. The minimum atomic E-state index is 0.687. The van der Waals surface area contributed by atoms with Crippen LogP contribution in [0.2, 0.25) is 0 Å². The van der Waals surface area contributed by atoms with Gasteiger partial charge >= 0.3 is 0 Å². The molecular formula is C25H19NO. The number of carbonyl (C=O) groups is 1. The predicted molar refractivity (Wildman–Crippen MR) is 112 cm³/mol. The summed E-state index contributed by atoms with van der Waals surface area (Å²) in [7, 11) is 0. The van der Waals surface area contributed by atoms with Gasteiger partial charge in [0.05, 0.1) is 0 Å². The third-order valence-electron chi connectivity index (χ3n) is 4.51. The maximum Gasteiger partial charge on any atom is 0.150 e. The van der Waals surface area contributed by atoms with Gasteiger partial charge in [-0.05, 0) is 53.6 Å². The smallest absolute Gasteiger partial charge is 0.150 e. The van der Waals surface area contributed by atoms with Crippen LogP contribution in [0.3, 0.4) is 0 Å². The molecule has 0 atom stereocenters. The van der Waals surface area contributed by atoms with E-state index in [1.165, 1.54) is 0 Å². The summed E-state index contributed by atoms with van der Waals surface area (Å²) in [5.74, 6) is 0. The Morgan fingerprint density at radius 1 is 0.519 bits per heavy atom. The Bertz CT molecular complexity index is 985. The van der Waals surface area contributed by atoms with E-state index in [0.717, 1.165) is 34.5 Å². The minimum Gasteiger partial charge on any atom is -0.311 e. The summed E-state index contributed by atoms with van der Waals surface area (Å²) in [4.78, 5) is 13.3. The zero-order chi connectivity index (χ0) is 18.5. The van der Waals surface area contributed by atoms with Crippen molar-refractivity contribution in [1.82, 2.24) is 0 Å². The molecule has 0 aromatic heterocycles. The topological polar surface area (TPSA) is 20.3 Å². The summed E-state index contributed by atoms with van der Waals surface area (Å²) in [6.07, 6.45) is 0.879. The van der Waals surface area contributed by atoms with E-state index in [0.29, 0.717) is 5.56 Å². The zero-order valence-corrected chi connectivity index (χ0v) is 14.8. The third-order valence-corrected chi connectivity index (χ3v) is 4.51. The average Bonchev–Trinajstić information content (AvgIpc) is 2.76. The van der Waals surface area contributed by atoms with Crippen LogP contribution in [-0.4, -0.2) is 6.29 Å². The van der Waals surface area contributed by atoms with E-state index in [1.807, 2.05) is 60.7 Å². The molecule has 0 bridgehead atoms. The minimum absolute atomic E-state index is 0.687. The first-order chi connectivity index (χ1) is 13.3. The van der Waals surface area contributed by atoms with Gasteiger partial charge in [0.15, 0.2) is 0 Å². The van der Waals surface area contributed by atoms with Crippen molar-refractivity contribution in [3.63, 3.8) is 0 Å². The van der Waals surface area contributed by atoms with Crippen molar-refractivity contribution in [2.45, 2.75) is 0 Å². The molecule has 0 N–H and O–H groups in total. The maximum absolute atomic E-state index is 11.0. The van der Waals surface area contributed by atoms with Crippen molar-refractivity contribution in [2.24, 2.45) is 0 Å². The first-order valence-corrected chi connectivity index (χ1v) is 8.91. The molecule has 27 heavy (non-hydrogen) atoms. The van der Waals surface area contributed by atoms with Crippen LogP contribution in [-0.2, 0) is 0 Å². The quantitative estimate of drug-likeness (QED) is 0.377. The molecule has 0 saturated carbocycles. The second-order valence-electron chi connectivity index (χ2n) is 6.30. The van der Waals surface area contributed by atoms with Crippen LogP contribution >= 0.6 is 0 Å². The molecule has 4 aromatic rings. The first-order valence-electron chi connectivity index (χ1n) is 8.91. The van der Waals surface area contributed by atoms with E-state index in [-0.39, 0.29) is 0 Å². The number of aldehydes is 1. The molecule has 0 unspecified atom stereocenters. The Hall–Kier alpha value is -3.65. The molecule has 0 fully saturated rings. The van der Waals surface area contributed by atoms with Crippen LogP contribution in [0.4, 0.5) is 17.1 Å². The van der Waals surface area contributed by atoms with Crippen LogP contribution in [0.1, 0.15) is 10.4 Å². The SMILES string of the molecule is O=Cc1cccc(-c2ccc(N(c3ccccc3)c3ccccc3)cc2)c1. The second-order valence-corrected chi connectivity index (χ2v) is 6.30. The fourth-order valence-corrected chi connectivity index (χ4v) is 3.20. The number of anilines is 3. The van der Waals surface area contributed by atoms with Crippen molar-refractivity contribution in [1.29, 1.82) is 0 Å². The van der Waals surface area contributed by atoms with Gasteiger partial charge in [-0.1, -0.05) is 66.7 Å². The first kappa shape index (κ1) is 16.8. The standard InChI is InChI=1S/C25H19NO/c27-19-20-8-7-9-22(18-20)21-14-16-25(17-15-21)26(23-10-3-1-4-11-23)24-12-5-2-6-13-24/h1-19H. The number of rotatable bonds is 5. The van der Waals surface area contributed by atoms with Crippen LogP contribution in [0, 0.1) is 0 Å². The largest absolute Gasteiger partial charge is 0.311 e. The van der Waals surface area contributed by atoms with E-state index < -0.39 is 0 Å². The molecule has 2 heteroatoms. The number of nitrogens with zero attached hydrogens (tertiary/aromatic N) is 1. The molecular weight excluding hydrogens is 330 g/mol. The summed E-state index contributed by atoms with van der Waals surface area (Å²) in [5.41, 5.74) is 6.12. The average molecular weight is 349 g/mol. The van der Waals surface area contributed by atoms with Gasteiger partial charge in [0.2, 0.25) is 0 Å². The lowest BCUT2D eigenvalue weighted by atomic mass is 10.0. The van der Waals surface area contributed by atoms with Crippen molar-refractivity contribution in [2.75, 3.05) is 4.90 Å². The Kier molecular flexibility index (Phi) is 4.80. The van der Waals surface area contributed by atoms with E-state index in [1.54, 1.807) is 0 Å². The molecule has 0 aliphatic heterocycles. The summed E-state index contributed by atoms with van der Waals surface area (Å²) in [6.45, 7) is 0. The number of carbonyl (C=O) groups excluding carboxylic acids is 1. The summed E-state index contributed by atoms with van der Waals surface area (Å²) in [5, 5.41) is 0. The molecule has 2 nitrogen and oxygen atoms in total. The normalized spacial score (nSPS) is 10.4. The lowest BCUT2D eigenvalue weighted by Gasteiger charge is -2.25. The summed E-state index contributed by atoms with van der Waals surface area (Å²) >= 11 is 0. The highest BCUT2D eigenvalue weighted by Gasteiger charge is 2.11. The molecule has 130 valence electrons. The Labute approximate surface area is 159 Å². The predicted octanol–water partition coefficient (Wildman–Crippen LogP) is 6.64. The van der Waals surface area contributed by atoms with Crippen molar-refractivity contribution >= 4 is 23.3 Å². The lowest BCUT2D eigenvalue weighted by molar-refractivity contribution is 0.112. The Morgan fingerprint density at radius 3 is 1.63 bits per heavy atom. The Balaban J connectivity index is 1.74. The molecule has 4 rings (SSSR count). The molecule has 0 radical (unpaired) electrons. The highest BCUT2D eigenvalue weighted by atomic mass is 16.1. The van der Waals surface area contributed by atoms with E-state index >= 15 is 0 Å². The summed E-state index contributed by atoms with van der Waals surface area (Å²) < 4.78 is 0. The molecule has 4 aromatic carbocycles. The lowest BCUT2D eigenvalue weighted by Crippen LogP contribution is -2.09. The van der Waals surface area contributed by atoms with Gasteiger partial charge in [-0.3, -0.25) is 4.79 Å². The van der Waals surface area contributed by atoms with Gasteiger partial charge in [0, 0.05) is 22.6 Å². The van der Waals surface area contributed by atoms with E-state index in [2.05, 4.69) is 53.4 Å². The number of hydrogen-bond donors (Lipinski definition) is 0. The van der Waals surface area contributed by atoms with Crippen molar-refractivity contribution in [3.8, 4) is 11.1 Å². The monoisotopic (exact) mass is 349 g/mol. The fourth-order valence-electron chi connectivity index (χ4n) is 3.20. The zero-order valence-electron chi connectivity index (χ0n) is 14.8. The van der Waals surface area contributed by atoms with Crippen LogP contribution in [0.5, 0.6) is 0 Å². The van der Waals surface area contributed by atoms with Crippen molar-refractivity contribution < 1.29 is 4.79 Å². The van der Waals surface area contributed by atoms with Gasteiger partial charge < -0.3 is 4.90 Å². The number of hydrogen-bond acceptors (Lipinski definition) is 2. The molecule has 0 heterocycles. The fraction of sp³-hybridized carbons (Fsp3) is 0. The van der Waals surface area contributed by atoms with Crippen LogP contribution < -0.4 is 4.90 Å². The molecule has 0 aliphatic rings. The van der Waals surface area contributed by atoms with Crippen molar-refractivity contribution in [3.05, 3.63) is 115 Å². The van der Waals surface area contributed by atoms with E-state index in [9.17, 15) is 4.79 Å². The molecule has 0 aliphatic carbocycles.